The van der Waals surface area contributed by atoms with E-state index >= 15 is 0 Å². The van der Waals surface area contributed by atoms with Crippen LogP contribution in [0.25, 0.3) is 10.6 Å². The van der Waals surface area contributed by atoms with E-state index in [1.165, 1.54) is 4.88 Å². The lowest BCUT2D eigenvalue weighted by molar-refractivity contribution is 0.834. The summed E-state index contributed by atoms with van der Waals surface area (Å²) >= 11 is 3.28. The lowest BCUT2D eigenvalue weighted by Gasteiger charge is -2.02. The van der Waals surface area contributed by atoms with Gasteiger partial charge in [-0.3, -0.25) is 0 Å². The Kier molecular flexibility index (Phi) is 3.02. The van der Waals surface area contributed by atoms with Crippen LogP contribution in [0.5, 0.6) is 0 Å². The van der Waals surface area contributed by atoms with E-state index in [4.69, 9.17) is 0 Å². The summed E-state index contributed by atoms with van der Waals surface area (Å²) in [6, 6.07) is 0. The van der Waals surface area contributed by atoms with Crippen LogP contribution in [0.1, 0.15) is 25.5 Å². The normalized spacial score (nSPS) is 10.9. The monoisotopic (exact) mass is 239 g/mol. The third-order valence-corrected chi connectivity index (χ3v) is 3.82. The molecule has 2 rings (SSSR count). The molecule has 0 aliphatic heterocycles. The fourth-order valence-electron chi connectivity index (χ4n) is 1.35. The summed E-state index contributed by atoms with van der Waals surface area (Å²) in [5.41, 5.74) is 4.08. The zero-order valence-electron chi connectivity index (χ0n) is 8.94. The first-order chi connectivity index (χ1) is 7.22. The highest BCUT2D eigenvalue weighted by molar-refractivity contribution is 7.15. The minimum atomic E-state index is 0.450. The van der Waals surface area contributed by atoms with Gasteiger partial charge in [0.05, 0.1) is 21.8 Å². The van der Waals surface area contributed by atoms with E-state index in [1.807, 2.05) is 12.6 Å². The standard InChI is InChI=1S/C10H13N3S2/c1-6(2)8-9(15-5-12-8)7-4-14-10(11-3)13-7/h4-6H,1-3H3,(H,11,13). The molecule has 80 valence electrons. The zero-order chi connectivity index (χ0) is 10.8. The number of anilines is 1. The van der Waals surface area contributed by atoms with Crippen LogP contribution in [0.15, 0.2) is 10.9 Å². The van der Waals surface area contributed by atoms with E-state index in [1.54, 1.807) is 22.7 Å². The molecule has 5 heteroatoms. The van der Waals surface area contributed by atoms with E-state index in [2.05, 4.69) is 34.5 Å². The first-order valence-corrected chi connectivity index (χ1v) is 6.55. The van der Waals surface area contributed by atoms with Crippen LogP contribution in [0.2, 0.25) is 0 Å². The Hall–Kier alpha value is -0.940. The van der Waals surface area contributed by atoms with Gasteiger partial charge in [-0.2, -0.15) is 0 Å². The predicted molar refractivity (Wildman–Crippen MR) is 66.9 cm³/mol. The molecule has 1 N–H and O–H groups in total. The van der Waals surface area contributed by atoms with Crippen molar-refractivity contribution in [2.24, 2.45) is 0 Å². The second kappa shape index (κ2) is 4.28. The van der Waals surface area contributed by atoms with Crippen molar-refractivity contribution in [3.8, 4) is 10.6 Å². The highest BCUT2D eigenvalue weighted by Gasteiger charge is 2.14. The van der Waals surface area contributed by atoms with Crippen LogP contribution >= 0.6 is 22.7 Å². The maximum Gasteiger partial charge on any atom is 0.182 e. The van der Waals surface area contributed by atoms with Crippen molar-refractivity contribution in [2.45, 2.75) is 19.8 Å². The molecule has 15 heavy (non-hydrogen) atoms. The summed E-state index contributed by atoms with van der Waals surface area (Å²) in [6.45, 7) is 4.31. The Morgan fingerprint density at radius 1 is 1.33 bits per heavy atom. The summed E-state index contributed by atoms with van der Waals surface area (Å²) in [6.07, 6.45) is 0. The minimum Gasteiger partial charge on any atom is -0.365 e. The van der Waals surface area contributed by atoms with E-state index in [-0.39, 0.29) is 0 Å². The minimum absolute atomic E-state index is 0.450. The summed E-state index contributed by atoms with van der Waals surface area (Å²) in [5, 5.41) is 6.08. The van der Waals surface area contributed by atoms with Crippen LogP contribution in [0.3, 0.4) is 0 Å². The molecular formula is C10H13N3S2. The Labute approximate surface area is 97.2 Å². The molecule has 0 spiro atoms. The van der Waals surface area contributed by atoms with Gasteiger partial charge in [-0.25, -0.2) is 9.97 Å². The number of nitrogens with one attached hydrogen (secondary N) is 1. The molecule has 3 nitrogen and oxygen atoms in total. The van der Waals surface area contributed by atoms with Gasteiger partial charge in [-0.1, -0.05) is 13.8 Å². The summed E-state index contributed by atoms with van der Waals surface area (Å²) in [4.78, 5) is 10.1. The lowest BCUT2D eigenvalue weighted by atomic mass is 10.1. The van der Waals surface area contributed by atoms with Gasteiger partial charge in [0.1, 0.15) is 0 Å². The molecule has 0 saturated heterocycles. The third-order valence-electron chi connectivity index (χ3n) is 2.09. The number of hydrogen-bond acceptors (Lipinski definition) is 5. The van der Waals surface area contributed by atoms with Crippen LogP contribution in [-0.4, -0.2) is 17.0 Å². The predicted octanol–water partition coefficient (Wildman–Crippen LogP) is 3.43. The van der Waals surface area contributed by atoms with Crippen molar-refractivity contribution in [1.29, 1.82) is 0 Å². The zero-order valence-corrected chi connectivity index (χ0v) is 10.6. The van der Waals surface area contributed by atoms with Crippen molar-refractivity contribution >= 4 is 27.8 Å². The molecule has 0 amide bonds. The molecule has 0 aliphatic carbocycles. The van der Waals surface area contributed by atoms with Crippen LogP contribution in [0.4, 0.5) is 5.13 Å². The molecule has 0 fully saturated rings. The highest BCUT2D eigenvalue weighted by Crippen LogP contribution is 2.33. The van der Waals surface area contributed by atoms with E-state index in [9.17, 15) is 0 Å². The van der Waals surface area contributed by atoms with E-state index in [0.717, 1.165) is 16.5 Å². The van der Waals surface area contributed by atoms with Crippen molar-refractivity contribution in [2.75, 3.05) is 12.4 Å². The van der Waals surface area contributed by atoms with Crippen LogP contribution in [-0.2, 0) is 0 Å². The van der Waals surface area contributed by atoms with Gasteiger partial charge in [-0.05, 0) is 5.92 Å². The smallest absolute Gasteiger partial charge is 0.182 e. The van der Waals surface area contributed by atoms with Crippen LogP contribution in [0, 0.1) is 0 Å². The molecule has 0 radical (unpaired) electrons. The second-order valence-electron chi connectivity index (χ2n) is 3.51. The topological polar surface area (TPSA) is 37.8 Å². The molecular weight excluding hydrogens is 226 g/mol. The molecule has 2 aromatic rings. The van der Waals surface area contributed by atoms with Gasteiger partial charge in [-0.15, -0.1) is 22.7 Å². The SMILES string of the molecule is CNc1nc(-c2scnc2C(C)C)cs1. The second-order valence-corrected chi connectivity index (χ2v) is 5.22. The quantitative estimate of drug-likeness (QED) is 0.891. The molecule has 0 aliphatic rings. The molecule has 2 aromatic heterocycles. The maximum absolute atomic E-state index is 4.49. The third kappa shape index (κ3) is 2.03. The molecule has 2 heterocycles. The van der Waals surface area contributed by atoms with Crippen molar-refractivity contribution in [1.82, 2.24) is 9.97 Å². The first kappa shape index (κ1) is 10.6. The van der Waals surface area contributed by atoms with Gasteiger partial charge < -0.3 is 5.32 Å². The molecule has 0 unspecified atom stereocenters. The Balaban J connectivity index is 2.40. The van der Waals surface area contributed by atoms with E-state index < -0.39 is 0 Å². The fourth-order valence-corrected chi connectivity index (χ4v) is 2.99. The number of rotatable bonds is 3. The van der Waals surface area contributed by atoms with Gasteiger partial charge in [0.15, 0.2) is 5.13 Å². The molecule has 0 aromatic carbocycles. The maximum atomic E-state index is 4.49. The fraction of sp³-hybridized carbons (Fsp3) is 0.400. The highest BCUT2D eigenvalue weighted by atomic mass is 32.1. The van der Waals surface area contributed by atoms with Gasteiger partial charge >= 0.3 is 0 Å². The lowest BCUT2D eigenvalue weighted by Crippen LogP contribution is -1.91. The summed E-state index contributed by atoms with van der Waals surface area (Å²) in [5.74, 6) is 0.450. The van der Waals surface area contributed by atoms with Gasteiger partial charge in [0.2, 0.25) is 0 Å². The molecule has 0 atom stereocenters. The average molecular weight is 239 g/mol. The summed E-state index contributed by atoms with van der Waals surface area (Å²) < 4.78 is 0. The largest absolute Gasteiger partial charge is 0.365 e. The van der Waals surface area contributed by atoms with Gasteiger partial charge in [0.25, 0.3) is 0 Å². The average Bonchev–Trinajstić information content (AvgIpc) is 2.85. The van der Waals surface area contributed by atoms with E-state index in [0.29, 0.717) is 5.92 Å². The molecule has 0 bridgehead atoms. The first-order valence-electron chi connectivity index (χ1n) is 4.79. The Bertz CT molecular complexity index is 445. The number of aromatic nitrogens is 2. The summed E-state index contributed by atoms with van der Waals surface area (Å²) in [7, 11) is 1.89. The van der Waals surface area contributed by atoms with Crippen molar-refractivity contribution in [3.05, 3.63) is 16.6 Å². The van der Waals surface area contributed by atoms with Crippen LogP contribution < -0.4 is 5.32 Å². The molecule has 0 saturated carbocycles. The van der Waals surface area contributed by atoms with Crippen molar-refractivity contribution in [3.63, 3.8) is 0 Å². The number of thiazole rings is 2. The Morgan fingerprint density at radius 2 is 2.13 bits per heavy atom. The number of hydrogen-bond donors (Lipinski definition) is 1. The van der Waals surface area contributed by atoms with Gasteiger partial charge in [0, 0.05) is 12.4 Å². The Morgan fingerprint density at radius 3 is 2.73 bits per heavy atom. The number of nitrogens with zero attached hydrogens (tertiary/aromatic N) is 2. The van der Waals surface area contributed by atoms with Crippen molar-refractivity contribution < 1.29 is 0 Å².